The van der Waals surface area contributed by atoms with Crippen LogP contribution < -0.4 is 0 Å². The molecule has 0 aliphatic heterocycles. The topological polar surface area (TPSA) is 17.1 Å². The van der Waals surface area contributed by atoms with E-state index in [1.165, 1.54) is 0 Å². The molecule has 1 rings (SSSR count). The van der Waals surface area contributed by atoms with Gasteiger partial charge in [0.2, 0.25) is 0 Å². The van der Waals surface area contributed by atoms with Crippen molar-refractivity contribution in [3.05, 3.63) is 32.9 Å². The third-order valence-electron chi connectivity index (χ3n) is 1.35. The Bertz CT molecular complexity index is 273. The van der Waals surface area contributed by atoms with Crippen molar-refractivity contribution in [3.8, 4) is 0 Å². The minimum Gasteiger partial charge on any atom is -0.298 e. The minimum atomic E-state index is -0.477. The van der Waals surface area contributed by atoms with Gasteiger partial charge in [0, 0.05) is 9.13 Å². The fraction of sp³-hybridized carbons (Fsp3) is 0.125. The fourth-order valence-corrected chi connectivity index (χ4v) is 1.46. The number of hydrogen-bond donors (Lipinski definition) is 0. The second-order valence-electron chi connectivity index (χ2n) is 2.11. The van der Waals surface area contributed by atoms with Gasteiger partial charge in [-0.15, -0.1) is 0 Å². The molecular weight excluding hydrogens is 258 g/mol. The summed E-state index contributed by atoms with van der Waals surface area (Å²) in [6.07, 6.45) is 0.768. The number of hydrogen-bond acceptors (Lipinski definition) is 1. The summed E-state index contributed by atoms with van der Waals surface area (Å²) >= 11 is 2.01. The first-order chi connectivity index (χ1) is 5.27. The lowest BCUT2D eigenvalue weighted by molar-refractivity contribution is 0.112. The molecule has 11 heavy (non-hydrogen) atoms. The first-order valence-corrected chi connectivity index (χ1v) is 4.15. The van der Waals surface area contributed by atoms with Gasteiger partial charge in [-0.05, 0) is 34.2 Å². The third kappa shape index (κ3) is 1.99. The maximum absolute atomic E-state index is 12.0. The van der Waals surface area contributed by atoms with Crippen LogP contribution in [0.25, 0.3) is 0 Å². The van der Waals surface area contributed by atoms with Crippen LogP contribution >= 0.6 is 22.6 Å². The highest BCUT2D eigenvalue weighted by Crippen LogP contribution is 2.13. The molecule has 1 aromatic carbocycles. The van der Waals surface area contributed by atoms with E-state index in [1.54, 1.807) is 18.2 Å². The molecule has 0 aliphatic rings. The molecule has 0 amide bonds. The Labute approximate surface area is 77.8 Å². The van der Waals surface area contributed by atoms with Crippen molar-refractivity contribution in [1.29, 1.82) is 0 Å². The van der Waals surface area contributed by atoms with Crippen LogP contribution in [0.2, 0.25) is 0 Å². The first kappa shape index (κ1) is 8.64. The minimum absolute atomic E-state index is 0.477. The van der Waals surface area contributed by atoms with Crippen LogP contribution in [0, 0.1) is 3.57 Å². The molecule has 0 atom stereocenters. The number of benzene rings is 1. The number of carbonyl (C=O) groups excluding carboxylic acids is 1. The van der Waals surface area contributed by atoms with Crippen LogP contribution in [0.5, 0.6) is 0 Å². The van der Waals surface area contributed by atoms with Crippen LogP contribution in [-0.2, 0) is 6.67 Å². The highest BCUT2D eigenvalue weighted by Gasteiger charge is 1.98. The molecule has 0 N–H and O–H groups in total. The molecule has 0 aliphatic carbocycles. The predicted octanol–water partition coefficient (Wildman–Crippen LogP) is 2.57. The zero-order valence-electron chi connectivity index (χ0n) is 5.68. The monoisotopic (exact) mass is 264 g/mol. The zero-order valence-corrected chi connectivity index (χ0v) is 7.84. The van der Waals surface area contributed by atoms with E-state index in [0.717, 1.165) is 9.86 Å². The molecule has 0 unspecified atom stereocenters. The normalized spacial score (nSPS) is 9.64. The highest BCUT2D eigenvalue weighted by atomic mass is 127. The number of aldehydes is 1. The number of rotatable bonds is 2. The van der Waals surface area contributed by atoms with E-state index >= 15 is 0 Å². The van der Waals surface area contributed by atoms with E-state index in [-0.39, 0.29) is 0 Å². The molecule has 0 saturated heterocycles. The van der Waals surface area contributed by atoms with E-state index in [1.807, 2.05) is 22.6 Å². The molecule has 0 bridgehead atoms. The molecule has 0 spiro atoms. The van der Waals surface area contributed by atoms with Gasteiger partial charge in [-0.2, -0.15) is 0 Å². The largest absolute Gasteiger partial charge is 0.298 e. The van der Waals surface area contributed by atoms with Crippen LogP contribution in [0.3, 0.4) is 0 Å². The van der Waals surface area contributed by atoms with Crippen LogP contribution in [0.4, 0.5) is 4.39 Å². The maximum atomic E-state index is 12.0. The van der Waals surface area contributed by atoms with E-state index in [0.29, 0.717) is 11.1 Å². The van der Waals surface area contributed by atoms with E-state index in [2.05, 4.69) is 0 Å². The summed E-state index contributed by atoms with van der Waals surface area (Å²) in [5.41, 5.74) is 1.22. The van der Waals surface area contributed by atoms with E-state index < -0.39 is 6.67 Å². The van der Waals surface area contributed by atoms with Gasteiger partial charge in [-0.1, -0.05) is 12.1 Å². The maximum Gasteiger partial charge on any atom is 0.151 e. The Kier molecular flexibility index (Phi) is 2.99. The summed E-state index contributed by atoms with van der Waals surface area (Å²) in [5, 5.41) is 0. The lowest BCUT2D eigenvalue weighted by Crippen LogP contribution is -1.87. The van der Waals surface area contributed by atoms with Gasteiger partial charge in [-0.25, -0.2) is 4.39 Å². The Balaban J connectivity index is 3.09. The number of halogens is 2. The average molecular weight is 264 g/mol. The van der Waals surface area contributed by atoms with Crippen molar-refractivity contribution < 1.29 is 9.18 Å². The van der Waals surface area contributed by atoms with Gasteiger partial charge in [-0.3, -0.25) is 4.79 Å². The van der Waals surface area contributed by atoms with Crippen molar-refractivity contribution in [2.24, 2.45) is 0 Å². The molecule has 0 aromatic heterocycles. The Morgan fingerprint density at radius 3 is 2.73 bits per heavy atom. The van der Waals surface area contributed by atoms with Crippen molar-refractivity contribution in [1.82, 2.24) is 0 Å². The van der Waals surface area contributed by atoms with Gasteiger partial charge in [0.25, 0.3) is 0 Å². The summed E-state index contributed by atoms with van der Waals surface area (Å²) in [4.78, 5) is 10.3. The Morgan fingerprint density at radius 1 is 1.55 bits per heavy atom. The molecule has 0 fully saturated rings. The van der Waals surface area contributed by atoms with Gasteiger partial charge in [0.15, 0.2) is 6.29 Å². The molecule has 1 nitrogen and oxygen atoms in total. The lowest BCUT2D eigenvalue weighted by Gasteiger charge is -1.97. The lowest BCUT2D eigenvalue weighted by atomic mass is 10.2. The van der Waals surface area contributed by atoms with Crippen molar-refractivity contribution in [2.45, 2.75) is 6.67 Å². The quantitative estimate of drug-likeness (QED) is 0.592. The average Bonchev–Trinajstić information content (AvgIpc) is 2.04. The summed E-state index contributed by atoms with van der Waals surface area (Å²) < 4.78 is 12.8. The van der Waals surface area contributed by atoms with Crippen molar-refractivity contribution >= 4 is 28.9 Å². The van der Waals surface area contributed by atoms with Gasteiger partial charge in [0.05, 0.1) is 0 Å². The number of alkyl halides is 1. The first-order valence-electron chi connectivity index (χ1n) is 3.07. The summed E-state index contributed by atoms with van der Waals surface area (Å²) in [6, 6.07) is 4.92. The molecule has 0 saturated carbocycles. The molecule has 58 valence electrons. The van der Waals surface area contributed by atoms with Crippen LogP contribution in [-0.4, -0.2) is 6.29 Å². The zero-order chi connectivity index (χ0) is 8.27. The molecular formula is C8H6FIO. The molecule has 0 radical (unpaired) electrons. The summed E-state index contributed by atoms with van der Waals surface area (Å²) in [7, 11) is 0. The van der Waals surface area contributed by atoms with E-state index in [4.69, 9.17) is 0 Å². The van der Waals surface area contributed by atoms with Crippen LogP contribution in [0.1, 0.15) is 15.9 Å². The molecule has 3 heteroatoms. The SMILES string of the molecule is O=Cc1ccc(CF)cc1I. The highest BCUT2D eigenvalue weighted by molar-refractivity contribution is 14.1. The smallest absolute Gasteiger partial charge is 0.151 e. The number of carbonyl (C=O) groups is 1. The van der Waals surface area contributed by atoms with Crippen LogP contribution in [0.15, 0.2) is 18.2 Å². The van der Waals surface area contributed by atoms with Crippen molar-refractivity contribution in [2.75, 3.05) is 0 Å². The second-order valence-corrected chi connectivity index (χ2v) is 3.27. The van der Waals surface area contributed by atoms with Gasteiger partial charge < -0.3 is 0 Å². The second kappa shape index (κ2) is 3.80. The van der Waals surface area contributed by atoms with Gasteiger partial charge in [0.1, 0.15) is 6.67 Å². The Morgan fingerprint density at radius 2 is 2.27 bits per heavy atom. The third-order valence-corrected chi connectivity index (χ3v) is 2.28. The standard InChI is InChI=1S/C8H6FIO/c9-4-6-1-2-7(5-11)8(10)3-6/h1-3,5H,4H2. The van der Waals surface area contributed by atoms with Gasteiger partial charge >= 0.3 is 0 Å². The fourth-order valence-electron chi connectivity index (χ4n) is 0.749. The predicted molar refractivity (Wildman–Crippen MR) is 49.4 cm³/mol. The molecule has 0 heterocycles. The Hall–Kier alpha value is -0.450. The summed E-state index contributed by atoms with van der Waals surface area (Å²) in [5.74, 6) is 0. The molecule has 1 aromatic rings. The van der Waals surface area contributed by atoms with E-state index in [9.17, 15) is 9.18 Å². The summed E-state index contributed by atoms with van der Waals surface area (Å²) in [6.45, 7) is -0.477. The van der Waals surface area contributed by atoms with Crippen molar-refractivity contribution in [3.63, 3.8) is 0 Å².